The van der Waals surface area contributed by atoms with Gasteiger partial charge < -0.3 is 10.3 Å². The lowest BCUT2D eigenvalue weighted by atomic mass is 10.2. The van der Waals surface area contributed by atoms with E-state index < -0.39 is 17.2 Å². The van der Waals surface area contributed by atoms with Crippen molar-refractivity contribution in [2.75, 3.05) is 5.32 Å². The van der Waals surface area contributed by atoms with Crippen LogP contribution in [-0.2, 0) is 0 Å². The molecule has 1 amide bonds. The molecule has 0 saturated heterocycles. The van der Waals surface area contributed by atoms with E-state index in [0.717, 1.165) is 16.3 Å². The van der Waals surface area contributed by atoms with E-state index >= 15 is 0 Å². The zero-order valence-corrected chi connectivity index (χ0v) is 15.1. The molecule has 0 aliphatic heterocycles. The van der Waals surface area contributed by atoms with Gasteiger partial charge in [-0.3, -0.25) is 9.59 Å². The lowest BCUT2D eigenvalue weighted by Gasteiger charge is -2.09. The Kier molecular flexibility index (Phi) is 4.97. The number of hydrogen-bond acceptors (Lipinski definition) is 3. The molecule has 0 aliphatic carbocycles. The fourth-order valence-corrected chi connectivity index (χ4v) is 2.63. The van der Waals surface area contributed by atoms with Gasteiger partial charge >= 0.3 is 5.69 Å². The maximum absolute atomic E-state index is 12.7. The smallest absolute Gasteiger partial charge is 0.322 e. The van der Waals surface area contributed by atoms with Crippen molar-refractivity contribution in [1.29, 1.82) is 0 Å². The fraction of sp³-hybridized carbons (Fsp3) is 0.0556. The Bertz CT molecular complexity index is 1100. The van der Waals surface area contributed by atoms with Gasteiger partial charge in [-0.15, -0.1) is 0 Å². The number of carbonyl (C=O) groups excluding carboxylic acids is 1. The molecule has 2 aromatic carbocycles. The normalized spacial score (nSPS) is 10.6. The topological polar surface area (TPSA) is 84.0 Å². The number of amides is 1. The van der Waals surface area contributed by atoms with Crippen molar-refractivity contribution < 1.29 is 4.79 Å². The molecule has 3 aromatic rings. The first-order valence-corrected chi connectivity index (χ1v) is 8.30. The monoisotopic (exact) mass is 389 g/mol. The molecule has 0 atom stereocenters. The average molecular weight is 390 g/mol. The van der Waals surface area contributed by atoms with Crippen LogP contribution in [0.25, 0.3) is 5.69 Å². The van der Waals surface area contributed by atoms with Crippen LogP contribution in [-0.4, -0.2) is 15.5 Å². The molecule has 0 bridgehead atoms. The molecule has 1 aromatic heterocycles. The Labute approximate surface area is 158 Å². The van der Waals surface area contributed by atoms with Gasteiger partial charge in [0.2, 0.25) is 0 Å². The van der Waals surface area contributed by atoms with Crippen molar-refractivity contribution in [2.24, 2.45) is 0 Å². The minimum atomic E-state index is -0.727. The van der Waals surface area contributed by atoms with Gasteiger partial charge in [0.15, 0.2) is 0 Å². The Morgan fingerprint density at radius 3 is 2.38 bits per heavy atom. The largest absolute Gasteiger partial charge is 0.333 e. The molecule has 1 heterocycles. The molecule has 6 nitrogen and oxygen atoms in total. The van der Waals surface area contributed by atoms with Crippen LogP contribution in [0.4, 0.5) is 5.69 Å². The highest BCUT2D eigenvalue weighted by molar-refractivity contribution is 6.42. The van der Waals surface area contributed by atoms with Gasteiger partial charge in [-0.05, 0) is 37.3 Å². The number of aryl methyl sites for hydroxylation is 1. The summed E-state index contributed by atoms with van der Waals surface area (Å²) in [7, 11) is 0. The number of benzene rings is 2. The van der Waals surface area contributed by atoms with E-state index in [1.165, 1.54) is 12.1 Å². The van der Waals surface area contributed by atoms with Crippen molar-refractivity contribution >= 4 is 34.8 Å². The van der Waals surface area contributed by atoms with Gasteiger partial charge in [0.1, 0.15) is 5.56 Å². The maximum atomic E-state index is 12.7. The van der Waals surface area contributed by atoms with E-state index in [1.54, 1.807) is 30.3 Å². The number of aromatic nitrogens is 2. The van der Waals surface area contributed by atoms with Gasteiger partial charge in [-0.1, -0.05) is 40.9 Å². The summed E-state index contributed by atoms with van der Waals surface area (Å²) in [5, 5.41) is 3.17. The predicted octanol–water partition coefficient (Wildman–Crippen LogP) is 3.39. The zero-order chi connectivity index (χ0) is 18.8. The number of halogens is 2. The summed E-state index contributed by atoms with van der Waals surface area (Å²) in [6.45, 7) is 1.89. The lowest BCUT2D eigenvalue weighted by Crippen LogP contribution is -2.38. The standard InChI is InChI=1S/C18H13Cl2N3O3/c1-10-2-5-12(6-3-10)23-17(25)13(9-21-18(23)26)16(24)22-11-4-7-14(19)15(20)8-11/h2-9H,1H3,(H,21,26)(H,22,24). The Morgan fingerprint density at radius 2 is 1.73 bits per heavy atom. The molecule has 0 radical (unpaired) electrons. The SMILES string of the molecule is Cc1ccc(-n2c(=O)[nH]cc(C(=O)Nc3ccc(Cl)c(Cl)c3)c2=O)cc1. The van der Waals surface area contributed by atoms with E-state index in [2.05, 4.69) is 10.3 Å². The Morgan fingerprint density at radius 1 is 1.04 bits per heavy atom. The number of carbonyl (C=O) groups is 1. The average Bonchev–Trinajstić information content (AvgIpc) is 2.60. The molecular weight excluding hydrogens is 377 g/mol. The van der Waals surface area contributed by atoms with E-state index in [1.807, 2.05) is 6.92 Å². The van der Waals surface area contributed by atoms with E-state index in [0.29, 0.717) is 16.4 Å². The van der Waals surface area contributed by atoms with Crippen LogP contribution in [0.1, 0.15) is 15.9 Å². The third-order valence-electron chi connectivity index (χ3n) is 3.69. The van der Waals surface area contributed by atoms with Crippen LogP contribution in [0.15, 0.2) is 58.3 Å². The number of anilines is 1. The minimum Gasteiger partial charge on any atom is -0.322 e. The molecule has 0 aliphatic rings. The predicted molar refractivity (Wildman–Crippen MR) is 102 cm³/mol. The van der Waals surface area contributed by atoms with Gasteiger partial charge in [0.05, 0.1) is 15.7 Å². The highest BCUT2D eigenvalue weighted by atomic mass is 35.5. The van der Waals surface area contributed by atoms with Gasteiger partial charge in [0, 0.05) is 11.9 Å². The first-order chi connectivity index (χ1) is 12.4. The van der Waals surface area contributed by atoms with Crippen molar-refractivity contribution in [3.63, 3.8) is 0 Å². The van der Waals surface area contributed by atoms with E-state index in [4.69, 9.17) is 23.2 Å². The van der Waals surface area contributed by atoms with Crippen LogP contribution in [0.5, 0.6) is 0 Å². The van der Waals surface area contributed by atoms with Gasteiger partial charge in [-0.25, -0.2) is 9.36 Å². The third-order valence-corrected chi connectivity index (χ3v) is 4.43. The number of nitrogens with one attached hydrogen (secondary N) is 2. The molecule has 2 N–H and O–H groups in total. The second kappa shape index (κ2) is 7.19. The van der Waals surface area contributed by atoms with Crippen LogP contribution < -0.4 is 16.6 Å². The van der Waals surface area contributed by atoms with Crippen molar-refractivity contribution in [1.82, 2.24) is 9.55 Å². The summed E-state index contributed by atoms with van der Waals surface area (Å²) in [6.07, 6.45) is 1.09. The Hall–Kier alpha value is -2.83. The highest BCUT2D eigenvalue weighted by Gasteiger charge is 2.16. The summed E-state index contributed by atoms with van der Waals surface area (Å²) in [5.74, 6) is -0.675. The van der Waals surface area contributed by atoms with E-state index in [9.17, 15) is 14.4 Å². The maximum Gasteiger partial charge on any atom is 0.333 e. The second-order valence-electron chi connectivity index (χ2n) is 5.57. The summed E-state index contributed by atoms with van der Waals surface area (Å²) >= 11 is 11.8. The number of rotatable bonds is 3. The fourth-order valence-electron chi connectivity index (χ4n) is 2.34. The quantitative estimate of drug-likeness (QED) is 0.719. The summed E-state index contributed by atoms with van der Waals surface area (Å²) < 4.78 is 0.906. The summed E-state index contributed by atoms with van der Waals surface area (Å²) in [6, 6.07) is 11.3. The van der Waals surface area contributed by atoms with Gasteiger partial charge in [-0.2, -0.15) is 0 Å². The minimum absolute atomic E-state index is 0.212. The van der Waals surface area contributed by atoms with E-state index in [-0.39, 0.29) is 10.6 Å². The summed E-state index contributed by atoms with van der Waals surface area (Å²) in [4.78, 5) is 39.6. The lowest BCUT2D eigenvalue weighted by molar-refractivity contribution is 0.102. The van der Waals surface area contributed by atoms with Gasteiger partial charge in [0.25, 0.3) is 11.5 Å². The van der Waals surface area contributed by atoms with Crippen LogP contribution in [0.3, 0.4) is 0 Å². The van der Waals surface area contributed by atoms with Crippen LogP contribution in [0, 0.1) is 6.92 Å². The Balaban J connectivity index is 2.00. The molecule has 0 spiro atoms. The van der Waals surface area contributed by atoms with Crippen LogP contribution >= 0.6 is 23.2 Å². The number of hydrogen-bond donors (Lipinski definition) is 2. The van der Waals surface area contributed by atoms with Crippen molar-refractivity contribution in [3.05, 3.63) is 90.7 Å². The third kappa shape index (κ3) is 3.56. The van der Waals surface area contributed by atoms with Crippen molar-refractivity contribution in [3.8, 4) is 5.69 Å². The number of H-pyrrole nitrogens is 1. The molecular formula is C18H13Cl2N3O3. The molecule has 0 fully saturated rings. The first-order valence-electron chi connectivity index (χ1n) is 7.55. The summed E-state index contributed by atoms with van der Waals surface area (Å²) in [5.41, 5.74) is 0.144. The van der Waals surface area contributed by atoms with Crippen molar-refractivity contribution in [2.45, 2.75) is 6.92 Å². The molecule has 26 heavy (non-hydrogen) atoms. The first kappa shape index (κ1) is 18.0. The second-order valence-corrected chi connectivity index (χ2v) is 6.38. The molecule has 0 unspecified atom stereocenters. The number of aromatic amines is 1. The molecule has 132 valence electrons. The number of nitrogens with zero attached hydrogens (tertiary/aromatic N) is 1. The molecule has 0 saturated carbocycles. The highest BCUT2D eigenvalue weighted by Crippen LogP contribution is 2.25. The molecule has 3 rings (SSSR count). The molecule has 8 heteroatoms. The van der Waals surface area contributed by atoms with Crippen LogP contribution in [0.2, 0.25) is 10.0 Å². The zero-order valence-electron chi connectivity index (χ0n) is 13.5.